The molecule has 1 aromatic heterocycles. The average molecular weight is 424 g/mol. The molecule has 156 valence electrons. The van der Waals surface area contributed by atoms with Gasteiger partial charge in [-0.15, -0.1) is 11.3 Å². The maximum atomic E-state index is 12.4. The second-order valence-corrected chi connectivity index (χ2v) is 8.35. The molecule has 30 heavy (non-hydrogen) atoms. The van der Waals surface area contributed by atoms with Gasteiger partial charge >= 0.3 is 0 Å². The summed E-state index contributed by atoms with van der Waals surface area (Å²) in [5.74, 6) is 1.92. The molecule has 0 amide bonds. The van der Waals surface area contributed by atoms with E-state index in [0.717, 1.165) is 17.7 Å². The summed E-state index contributed by atoms with van der Waals surface area (Å²) < 4.78 is 11.9. The molecule has 3 aromatic rings. The number of benzene rings is 2. The molecule has 0 unspecified atom stereocenters. The van der Waals surface area contributed by atoms with Crippen molar-refractivity contribution in [3.63, 3.8) is 0 Å². The van der Waals surface area contributed by atoms with E-state index >= 15 is 0 Å². The van der Waals surface area contributed by atoms with Crippen LogP contribution >= 0.6 is 11.3 Å². The van der Waals surface area contributed by atoms with Gasteiger partial charge in [0.25, 0.3) is 5.56 Å². The van der Waals surface area contributed by atoms with Crippen LogP contribution in [0, 0.1) is 5.92 Å². The predicted molar refractivity (Wildman–Crippen MR) is 121 cm³/mol. The van der Waals surface area contributed by atoms with Crippen molar-refractivity contribution in [2.45, 2.75) is 20.3 Å². The molecule has 5 nitrogen and oxygen atoms in total. The van der Waals surface area contributed by atoms with Gasteiger partial charge in [0.2, 0.25) is 0 Å². The van der Waals surface area contributed by atoms with Gasteiger partial charge in [0.05, 0.1) is 22.9 Å². The van der Waals surface area contributed by atoms with Crippen molar-refractivity contribution in [3.8, 4) is 11.5 Å². The van der Waals surface area contributed by atoms with E-state index in [1.54, 1.807) is 37.5 Å². The van der Waals surface area contributed by atoms with Gasteiger partial charge in [-0.2, -0.15) is 0 Å². The van der Waals surface area contributed by atoms with Crippen molar-refractivity contribution in [1.82, 2.24) is 4.98 Å². The summed E-state index contributed by atoms with van der Waals surface area (Å²) in [6.07, 6.45) is 4.25. The SMILES string of the molecule is COc1ccc(C(=O)/C=c2\[nH]c(=O)/c(=C\c3ccc(OCCC(C)C)cc3)s2)cc1. The fraction of sp³-hybridized carbons (Fsp3) is 0.250. The van der Waals surface area contributed by atoms with Crippen LogP contribution in [0.2, 0.25) is 0 Å². The smallest absolute Gasteiger partial charge is 0.266 e. The zero-order valence-electron chi connectivity index (χ0n) is 17.3. The van der Waals surface area contributed by atoms with Crippen LogP contribution in [-0.4, -0.2) is 24.5 Å². The Morgan fingerprint density at radius 3 is 2.37 bits per heavy atom. The summed E-state index contributed by atoms with van der Waals surface area (Å²) in [4.78, 5) is 27.4. The van der Waals surface area contributed by atoms with E-state index in [9.17, 15) is 9.59 Å². The summed E-state index contributed by atoms with van der Waals surface area (Å²) in [6.45, 7) is 5.01. The first-order valence-electron chi connectivity index (χ1n) is 9.78. The molecule has 3 rings (SSSR count). The van der Waals surface area contributed by atoms with Crippen molar-refractivity contribution >= 4 is 29.3 Å². The summed E-state index contributed by atoms with van der Waals surface area (Å²) in [6, 6.07) is 14.5. The number of Topliss-reactive ketones (excluding diaryl/α,β-unsaturated/α-hetero) is 1. The van der Waals surface area contributed by atoms with E-state index in [1.165, 1.54) is 17.4 Å². The van der Waals surface area contributed by atoms with Crippen molar-refractivity contribution in [1.29, 1.82) is 0 Å². The number of aromatic amines is 1. The monoisotopic (exact) mass is 423 g/mol. The van der Waals surface area contributed by atoms with Crippen LogP contribution in [0.3, 0.4) is 0 Å². The third-order valence-corrected chi connectivity index (χ3v) is 5.42. The molecule has 0 radical (unpaired) electrons. The molecular formula is C24H25NO4S. The minimum absolute atomic E-state index is 0.176. The average Bonchev–Trinajstić information content (AvgIpc) is 3.07. The van der Waals surface area contributed by atoms with E-state index in [0.29, 0.717) is 33.0 Å². The summed E-state index contributed by atoms with van der Waals surface area (Å²) in [7, 11) is 1.57. The summed E-state index contributed by atoms with van der Waals surface area (Å²) in [5, 5.41) is 0. The Bertz CT molecular complexity index is 1160. The number of methoxy groups -OCH3 is 1. The van der Waals surface area contributed by atoms with Crippen LogP contribution in [0.1, 0.15) is 36.2 Å². The Kier molecular flexibility index (Phi) is 7.25. The molecule has 0 spiro atoms. The second kappa shape index (κ2) is 10.1. The molecule has 0 saturated heterocycles. The Hall–Kier alpha value is -3.12. The molecule has 0 aliphatic heterocycles. The molecule has 0 saturated carbocycles. The van der Waals surface area contributed by atoms with Gasteiger partial charge in [-0.05, 0) is 60.4 Å². The van der Waals surface area contributed by atoms with Crippen molar-refractivity contribution in [2.75, 3.05) is 13.7 Å². The first kappa shape index (κ1) is 21.6. The number of nitrogens with one attached hydrogen (secondary N) is 1. The van der Waals surface area contributed by atoms with E-state index < -0.39 is 0 Å². The number of hydrogen-bond donors (Lipinski definition) is 1. The fourth-order valence-electron chi connectivity index (χ4n) is 2.71. The normalized spacial score (nSPS) is 12.4. The number of carbonyl (C=O) groups excluding carboxylic acids is 1. The quantitative estimate of drug-likeness (QED) is 0.564. The Morgan fingerprint density at radius 2 is 1.73 bits per heavy atom. The maximum Gasteiger partial charge on any atom is 0.266 e. The Labute approximate surface area is 179 Å². The number of H-pyrrole nitrogens is 1. The molecule has 1 N–H and O–H groups in total. The van der Waals surface area contributed by atoms with E-state index in [-0.39, 0.29) is 11.3 Å². The predicted octanol–water partition coefficient (Wildman–Crippen LogP) is 3.36. The Balaban J connectivity index is 1.76. The number of carbonyl (C=O) groups is 1. The first-order valence-corrected chi connectivity index (χ1v) is 10.6. The van der Waals surface area contributed by atoms with Gasteiger partial charge in [0.1, 0.15) is 11.5 Å². The lowest BCUT2D eigenvalue weighted by molar-refractivity contribution is 0.106. The van der Waals surface area contributed by atoms with Crippen LogP contribution in [0.15, 0.2) is 53.3 Å². The third-order valence-electron chi connectivity index (χ3n) is 4.46. The highest BCUT2D eigenvalue weighted by atomic mass is 32.1. The number of ketones is 1. The zero-order valence-corrected chi connectivity index (χ0v) is 18.1. The van der Waals surface area contributed by atoms with Crippen molar-refractivity contribution in [3.05, 3.63) is 79.2 Å². The maximum absolute atomic E-state index is 12.4. The molecule has 6 heteroatoms. The zero-order chi connectivity index (χ0) is 21.5. The standard InChI is InChI=1S/C24H25NO4S/c1-16(2)12-13-29-20-8-4-17(5-9-20)14-22-24(27)25-23(30-22)15-21(26)18-6-10-19(28-3)11-7-18/h4-11,14-16H,12-13H2,1-3H3,(H,25,27)/b22-14+,23-15+. The molecule has 0 aliphatic carbocycles. The first-order chi connectivity index (χ1) is 14.4. The van der Waals surface area contributed by atoms with E-state index in [2.05, 4.69) is 18.8 Å². The number of hydrogen-bond acceptors (Lipinski definition) is 5. The largest absolute Gasteiger partial charge is 0.497 e. The number of ether oxygens (including phenoxy) is 2. The van der Waals surface area contributed by atoms with Crippen LogP contribution < -0.4 is 24.2 Å². The van der Waals surface area contributed by atoms with Crippen LogP contribution in [0.25, 0.3) is 12.2 Å². The van der Waals surface area contributed by atoms with E-state index in [1.807, 2.05) is 24.3 Å². The lowest BCUT2D eigenvalue weighted by Gasteiger charge is -2.07. The Morgan fingerprint density at radius 1 is 1.07 bits per heavy atom. The lowest BCUT2D eigenvalue weighted by Crippen LogP contribution is -2.20. The van der Waals surface area contributed by atoms with Crippen LogP contribution in [-0.2, 0) is 0 Å². The third kappa shape index (κ3) is 5.94. The number of rotatable bonds is 8. The van der Waals surface area contributed by atoms with Crippen LogP contribution in [0.5, 0.6) is 11.5 Å². The number of aromatic nitrogens is 1. The van der Waals surface area contributed by atoms with Gasteiger partial charge in [-0.3, -0.25) is 9.59 Å². The van der Waals surface area contributed by atoms with Gasteiger partial charge in [0, 0.05) is 11.6 Å². The van der Waals surface area contributed by atoms with E-state index in [4.69, 9.17) is 9.47 Å². The molecular weight excluding hydrogens is 398 g/mol. The molecule has 0 bridgehead atoms. The lowest BCUT2D eigenvalue weighted by atomic mass is 10.1. The topological polar surface area (TPSA) is 68.4 Å². The summed E-state index contributed by atoms with van der Waals surface area (Å²) in [5.41, 5.74) is 1.21. The molecule has 1 heterocycles. The highest BCUT2D eigenvalue weighted by Gasteiger charge is 2.04. The fourth-order valence-corrected chi connectivity index (χ4v) is 3.59. The number of thiazole rings is 1. The van der Waals surface area contributed by atoms with Crippen LogP contribution in [0.4, 0.5) is 0 Å². The van der Waals surface area contributed by atoms with Gasteiger partial charge in [-0.25, -0.2) is 0 Å². The minimum atomic E-state index is -0.217. The molecule has 2 aromatic carbocycles. The minimum Gasteiger partial charge on any atom is -0.497 e. The highest BCUT2D eigenvalue weighted by molar-refractivity contribution is 7.07. The molecule has 0 atom stereocenters. The molecule has 0 fully saturated rings. The highest BCUT2D eigenvalue weighted by Crippen LogP contribution is 2.14. The van der Waals surface area contributed by atoms with Gasteiger partial charge in [0.15, 0.2) is 5.78 Å². The molecule has 0 aliphatic rings. The second-order valence-electron chi connectivity index (χ2n) is 7.27. The van der Waals surface area contributed by atoms with Gasteiger partial charge in [-0.1, -0.05) is 26.0 Å². The van der Waals surface area contributed by atoms with Crippen molar-refractivity contribution in [2.24, 2.45) is 5.92 Å². The van der Waals surface area contributed by atoms with Gasteiger partial charge < -0.3 is 14.5 Å². The van der Waals surface area contributed by atoms with Crippen molar-refractivity contribution < 1.29 is 14.3 Å². The summed E-state index contributed by atoms with van der Waals surface area (Å²) >= 11 is 1.25.